The number of nitrogens with one attached hydrogen (secondary N) is 4. The number of ketones is 1. The molecule has 0 spiro atoms. The van der Waals surface area contributed by atoms with Crippen molar-refractivity contribution in [2.75, 3.05) is 42.3 Å². The lowest BCUT2D eigenvalue weighted by Crippen LogP contribution is -2.59. The van der Waals surface area contributed by atoms with Crippen LogP contribution in [-0.2, 0) is 33.4 Å². The van der Waals surface area contributed by atoms with E-state index in [1.807, 2.05) is 83.1 Å². The lowest BCUT2D eigenvalue weighted by molar-refractivity contribution is -0.176. The first-order valence-electron chi connectivity index (χ1n) is 26.9. The van der Waals surface area contributed by atoms with Gasteiger partial charge in [0.2, 0.25) is 0 Å². The molecule has 3 unspecified atom stereocenters. The molecule has 8 rings (SSSR count). The normalized spacial score (nSPS) is 17.5. The van der Waals surface area contributed by atoms with Gasteiger partial charge in [-0.2, -0.15) is 0 Å². The van der Waals surface area contributed by atoms with Crippen LogP contribution in [0.15, 0.2) is 94.8 Å². The van der Waals surface area contributed by atoms with Crippen molar-refractivity contribution in [3.05, 3.63) is 132 Å². The zero-order valence-corrected chi connectivity index (χ0v) is 52.0. The molecular formula is C60H66Cl5N7O10S. The number of urea groups is 1. The number of thioether (sulfide) groups is 1. The second kappa shape index (κ2) is 28.2. The number of amidine groups is 1. The third kappa shape index (κ3) is 15.8. The van der Waals surface area contributed by atoms with Crippen molar-refractivity contribution in [3.63, 3.8) is 0 Å². The van der Waals surface area contributed by atoms with Gasteiger partial charge < -0.3 is 34.9 Å². The molecule has 3 aliphatic heterocycles. The number of Topliss-reactive ketones (excluding diaryl/α,β-unsaturated/α-hetero) is 1. The van der Waals surface area contributed by atoms with Gasteiger partial charge in [-0.25, -0.2) is 19.7 Å². The van der Waals surface area contributed by atoms with Gasteiger partial charge >= 0.3 is 6.03 Å². The molecule has 3 saturated heterocycles. The molecule has 0 bridgehead atoms. The molecule has 3 heterocycles. The highest BCUT2D eigenvalue weighted by molar-refractivity contribution is 8.01. The summed E-state index contributed by atoms with van der Waals surface area (Å²) in [6.07, 6.45) is 3.26. The number of amides is 6. The van der Waals surface area contributed by atoms with E-state index >= 15 is 0 Å². The number of anilines is 3. The smallest absolute Gasteiger partial charge is 0.326 e. The number of aliphatic imine (C=N–C) groups is 1. The van der Waals surface area contributed by atoms with Gasteiger partial charge in [0.15, 0.2) is 17.9 Å². The summed E-state index contributed by atoms with van der Waals surface area (Å²) in [6, 6.07) is 22.0. The molecule has 17 nitrogen and oxygen atoms in total. The van der Waals surface area contributed by atoms with Gasteiger partial charge in [0, 0.05) is 10.7 Å². The number of unbranched alkanes of at least 4 members (excludes halogenated alkanes) is 2. The molecule has 0 aliphatic carbocycles. The highest BCUT2D eigenvalue weighted by Crippen LogP contribution is 2.42. The highest BCUT2D eigenvalue weighted by atomic mass is 35.5. The molecule has 23 heteroatoms. The number of hydrogen-bond donors (Lipinski definition) is 4. The summed E-state index contributed by atoms with van der Waals surface area (Å²) in [5.41, 5.74) is 5.66. The Morgan fingerprint density at radius 1 is 0.759 bits per heavy atom. The Hall–Kier alpha value is -6.09. The standard InChI is InChI=1S/C33H41ClN4O8.C27H25Cl4N3O2S/c1-7-8-9-25(46-24-13-10-19(2)14-20(24)3)28(40)35-21-11-12-22(34)23(15-21)36-29(41)26(27(39)33(6)16-44-18-45-17-33)38-30(42)32(4,5)37-31(38)43;1-4-5-10-36-22-9-7-16(3)12-23(22)37-25-26(32-21-11-15(2)6-8-18(21)29)33-34(27(25)35)24-19(30)13-17(28)14-20(24)31/h10-15,25-26H,7-9,16-18H2,1-6H3,(H,35,40)(H,36,41)(H,37,43);6-9,11-14,25H,4-5,10H2,1-3H3,(H,32,33). The maximum Gasteiger partial charge on any atom is 0.326 e. The zero-order valence-electron chi connectivity index (χ0n) is 47.4. The van der Waals surface area contributed by atoms with E-state index in [1.54, 1.807) is 12.1 Å². The monoisotopic (exact) mass is 1250 g/mol. The zero-order chi connectivity index (χ0) is 60.5. The summed E-state index contributed by atoms with van der Waals surface area (Å²) in [7, 11) is 0. The number of hydrogen-bond acceptors (Lipinski definition) is 12. The molecule has 5 aromatic rings. The van der Waals surface area contributed by atoms with E-state index in [2.05, 4.69) is 28.3 Å². The van der Waals surface area contributed by atoms with Crippen LogP contribution in [0.25, 0.3) is 0 Å². The number of aryl methyl sites for hydroxylation is 4. The van der Waals surface area contributed by atoms with Crippen LogP contribution in [0.5, 0.6) is 11.5 Å². The minimum Gasteiger partial charge on any atom is -0.492 e. The van der Waals surface area contributed by atoms with Crippen LogP contribution in [0.1, 0.15) is 89.0 Å². The third-order valence-corrected chi connectivity index (χ3v) is 16.2. The maximum atomic E-state index is 13.9. The Kier molecular flexibility index (Phi) is 21.9. The Morgan fingerprint density at radius 3 is 2.02 bits per heavy atom. The summed E-state index contributed by atoms with van der Waals surface area (Å²) in [6.45, 7) is 16.9. The number of imide groups is 1. The van der Waals surface area contributed by atoms with E-state index in [0.717, 1.165) is 52.8 Å². The third-order valence-electron chi connectivity index (χ3n) is 13.5. The molecule has 6 amide bonds. The Balaban J connectivity index is 0.000000244. The summed E-state index contributed by atoms with van der Waals surface area (Å²) < 4.78 is 22.8. The van der Waals surface area contributed by atoms with Crippen molar-refractivity contribution in [2.24, 2.45) is 10.4 Å². The van der Waals surface area contributed by atoms with Crippen molar-refractivity contribution >= 4 is 134 Å². The molecule has 442 valence electrons. The van der Waals surface area contributed by atoms with E-state index in [1.165, 1.54) is 61.8 Å². The number of carbonyl (C=O) groups is 6. The van der Waals surface area contributed by atoms with Gasteiger partial charge in [0.25, 0.3) is 23.6 Å². The van der Waals surface area contributed by atoms with E-state index in [9.17, 15) is 28.8 Å². The quantitative estimate of drug-likeness (QED) is 0.0326. The average molecular weight is 1250 g/mol. The number of halogens is 5. The largest absolute Gasteiger partial charge is 0.492 e. The van der Waals surface area contributed by atoms with Crippen LogP contribution in [0.2, 0.25) is 25.1 Å². The first kappa shape index (κ1) is 64.5. The van der Waals surface area contributed by atoms with Crippen LogP contribution < -0.4 is 35.9 Å². The highest BCUT2D eigenvalue weighted by Gasteiger charge is 2.55. The second-order valence-electron chi connectivity index (χ2n) is 21.2. The minimum atomic E-state index is -1.86. The molecule has 0 radical (unpaired) electrons. The molecule has 4 N–H and O–H groups in total. The Labute approximate surface area is 512 Å². The Bertz CT molecular complexity index is 3300. The molecule has 83 heavy (non-hydrogen) atoms. The number of nitrogens with zero attached hydrogens (tertiary/aromatic N) is 3. The van der Waals surface area contributed by atoms with Gasteiger partial charge in [-0.15, -0.1) is 11.8 Å². The van der Waals surface area contributed by atoms with Crippen LogP contribution >= 0.6 is 69.8 Å². The van der Waals surface area contributed by atoms with E-state index in [4.69, 9.17) is 81.9 Å². The Morgan fingerprint density at radius 2 is 1.39 bits per heavy atom. The van der Waals surface area contributed by atoms with Crippen LogP contribution in [0.3, 0.4) is 0 Å². The summed E-state index contributed by atoms with van der Waals surface area (Å²) in [5.74, 6) is -1.44. The van der Waals surface area contributed by atoms with Crippen LogP contribution in [0, 0.1) is 33.1 Å². The number of ether oxygens (including phenoxy) is 4. The fourth-order valence-corrected chi connectivity index (χ4v) is 11.5. The van der Waals surface area contributed by atoms with Crippen molar-refractivity contribution in [1.29, 1.82) is 0 Å². The summed E-state index contributed by atoms with van der Waals surface area (Å²) >= 11 is 33.3. The molecule has 0 aromatic heterocycles. The van der Waals surface area contributed by atoms with Crippen LogP contribution in [-0.4, -0.2) is 95.7 Å². The minimum absolute atomic E-state index is 0.0288. The van der Waals surface area contributed by atoms with Crippen molar-refractivity contribution in [1.82, 2.24) is 15.6 Å². The topological polar surface area (TPSA) is 206 Å². The van der Waals surface area contributed by atoms with Gasteiger partial charge in [-0.05, 0) is 145 Å². The van der Waals surface area contributed by atoms with Gasteiger partial charge in [0.05, 0.1) is 61.6 Å². The summed E-state index contributed by atoms with van der Waals surface area (Å²) in [4.78, 5) is 87.4. The molecule has 5 aromatic carbocycles. The lowest BCUT2D eigenvalue weighted by Gasteiger charge is -2.36. The van der Waals surface area contributed by atoms with Crippen molar-refractivity contribution in [3.8, 4) is 11.5 Å². The summed E-state index contributed by atoms with van der Waals surface area (Å²) in [5, 5.41) is 9.90. The predicted molar refractivity (Wildman–Crippen MR) is 328 cm³/mol. The average Bonchev–Trinajstić information content (AvgIpc) is 4.10. The second-order valence-corrected chi connectivity index (χ2v) is 24.4. The van der Waals surface area contributed by atoms with Gasteiger partial charge in [-0.1, -0.05) is 115 Å². The molecule has 0 saturated carbocycles. The first-order chi connectivity index (χ1) is 39.3. The first-order valence-corrected chi connectivity index (χ1v) is 29.6. The van der Waals surface area contributed by atoms with Gasteiger partial charge in [0.1, 0.15) is 40.6 Å². The number of rotatable bonds is 20. The predicted octanol–water partition coefficient (Wildman–Crippen LogP) is 13.6. The van der Waals surface area contributed by atoms with Crippen LogP contribution in [0.4, 0.5) is 27.5 Å². The molecular weight excluding hydrogens is 1190 g/mol. The van der Waals surface area contributed by atoms with E-state index in [-0.39, 0.29) is 46.7 Å². The lowest BCUT2D eigenvalue weighted by atomic mass is 9.82. The van der Waals surface area contributed by atoms with E-state index in [0.29, 0.717) is 62.4 Å². The SMILES string of the molecule is CCCCC(Oc1ccc(C)cc1C)C(=O)Nc1ccc(Cl)c(NC(=O)C(C(=O)C2(C)COCOC2)N2C(=O)NC(C)(C)C2=O)c1.CCCCOc1ccc(C)cc1SC1C(=O)N(c2c(Cl)cc(Cl)cc2Cl)NC1=Nc1cc(C)ccc1Cl. The van der Waals surface area contributed by atoms with Crippen molar-refractivity contribution in [2.45, 2.75) is 122 Å². The molecule has 3 aliphatic rings. The van der Waals surface area contributed by atoms with E-state index < -0.39 is 57.9 Å². The van der Waals surface area contributed by atoms with Crippen molar-refractivity contribution < 1.29 is 47.7 Å². The van der Waals surface area contributed by atoms with Gasteiger partial charge in [-0.3, -0.25) is 29.4 Å². The fraction of sp³-hybridized carbons (Fsp3) is 0.383. The number of benzene rings is 5. The molecule has 3 fully saturated rings. The fourth-order valence-electron chi connectivity index (χ4n) is 8.99. The maximum absolute atomic E-state index is 13.9. The number of carbonyl (C=O) groups excluding carboxylic acids is 6. The number of hydrazine groups is 1. The molecule has 3 atom stereocenters.